The summed E-state index contributed by atoms with van der Waals surface area (Å²) in [6, 6.07) is 8.36. The number of methoxy groups -OCH3 is 3. The molecule has 128 valence electrons. The van der Waals surface area contributed by atoms with E-state index in [-0.39, 0.29) is 18.8 Å². The highest BCUT2D eigenvalue weighted by atomic mass is 16.5. The molecule has 0 saturated carbocycles. The fourth-order valence-corrected chi connectivity index (χ4v) is 2.44. The zero-order valence-electron chi connectivity index (χ0n) is 14.0. The number of ether oxygens (including phenoxy) is 3. The van der Waals surface area contributed by atoms with Gasteiger partial charge in [0.2, 0.25) is 5.75 Å². The van der Waals surface area contributed by atoms with Gasteiger partial charge < -0.3 is 25.1 Å². The SMILES string of the molecule is COc1cc(CC(=O)c2ccc(CO)c(N)c2)cc(OC)c1OC. The maximum atomic E-state index is 12.5. The first kappa shape index (κ1) is 17.6. The third-order valence-corrected chi connectivity index (χ3v) is 3.73. The summed E-state index contributed by atoms with van der Waals surface area (Å²) in [7, 11) is 4.57. The predicted octanol–water partition coefficient (Wildman–Crippen LogP) is 2.21. The molecule has 0 spiro atoms. The molecule has 3 N–H and O–H groups in total. The number of Topliss-reactive ketones (excluding diaryl/α,β-unsaturated/α-hetero) is 1. The van der Waals surface area contributed by atoms with Crippen LogP contribution in [-0.2, 0) is 13.0 Å². The Kier molecular flexibility index (Phi) is 5.65. The molecule has 0 unspecified atom stereocenters. The number of aliphatic hydroxyl groups is 1. The van der Waals surface area contributed by atoms with Gasteiger partial charge in [-0.3, -0.25) is 4.79 Å². The van der Waals surface area contributed by atoms with Gasteiger partial charge in [-0.1, -0.05) is 12.1 Å². The molecule has 0 radical (unpaired) electrons. The molecule has 2 aromatic carbocycles. The van der Waals surface area contributed by atoms with Crippen LogP contribution in [0.3, 0.4) is 0 Å². The quantitative estimate of drug-likeness (QED) is 0.597. The minimum atomic E-state index is -0.160. The number of nitrogen functional groups attached to an aromatic ring is 1. The molecule has 0 aliphatic rings. The second kappa shape index (κ2) is 7.70. The lowest BCUT2D eigenvalue weighted by molar-refractivity contribution is 0.0993. The van der Waals surface area contributed by atoms with Crippen LogP contribution < -0.4 is 19.9 Å². The largest absolute Gasteiger partial charge is 0.493 e. The van der Waals surface area contributed by atoms with Crippen molar-refractivity contribution in [2.75, 3.05) is 27.1 Å². The van der Waals surface area contributed by atoms with Gasteiger partial charge in [-0.05, 0) is 23.8 Å². The van der Waals surface area contributed by atoms with Crippen LogP contribution in [0.2, 0.25) is 0 Å². The maximum absolute atomic E-state index is 12.5. The summed E-state index contributed by atoms with van der Waals surface area (Å²) in [4.78, 5) is 12.5. The lowest BCUT2D eigenvalue weighted by atomic mass is 10.0. The molecule has 2 rings (SSSR count). The lowest BCUT2D eigenvalue weighted by Gasteiger charge is -2.14. The van der Waals surface area contributed by atoms with Crippen molar-refractivity contribution < 1.29 is 24.1 Å². The van der Waals surface area contributed by atoms with Gasteiger partial charge in [0.15, 0.2) is 17.3 Å². The summed E-state index contributed by atoms with van der Waals surface area (Å²) >= 11 is 0. The molecule has 0 aliphatic carbocycles. The first-order chi connectivity index (χ1) is 11.5. The highest BCUT2D eigenvalue weighted by molar-refractivity contribution is 5.98. The molecule has 0 heterocycles. The first-order valence-electron chi connectivity index (χ1n) is 7.35. The summed E-state index contributed by atoms with van der Waals surface area (Å²) in [5, 5.41) is 9.14. The van der Waals surface area contributed by atoms with E-state index in [9.17, 15) is 4.79 Å². The maximum Gasteiger partial charge on any atom is 0.203 e. The van der Waals surface area contributed by atoms with Crippen molar-refractivity contribution in [3.8, 4) is 17.2 Å². The lowest BCUT2D eigenvalue weighted by Crippen LogP contribution is -2.06. The minimum absolute atomic E-state index is 0.0968. The van der Waals surface area contributed by atoms with E-state index < -0.39 is 0 Å². The summed E-state index contributed by atoms with van der Waals surface area (Å²) in [5.41, 5.74) is 8.04. The minimum Gasteiger partial charge on any atom is -0.493 e. The smallest absolute Gasteiger partial charge is 0.203 e. The number of nitrogens with two attached hydrogens (primary N) is 1. The van der Waals surface area contributed by atoms with Gasteiger partial charge >= 0.3 is 0 Å². The third-order valence-electron chi connectivity index (χ3n) is 3.73. The molecule has 0 aliphatic heterocycles. The number of carbonyl (C=O) groups excluding carboxylic acids is 1. The van der Waals surface area contributed by atoms with Crippen molar-refractivity contribution in [1.29, 1.82) is 0 Å². The average molecular weight is 331 g/mol. The van der Waals surface area contributed by atoms with Gasteiger partial charge in [0.25, 0.3) is 0 Å². The molecular weight excluding hydrogens is 310 g/mol. The van der Waals surface area contributed by atoms with Crippen molar-refractivity contribution in [2.45, 2.75) is 13.0 Å². The Labute approximate surface area is 140 Å². The Balaban J connectivity index is 2.30. The van der Waals surface area contributed by atoms with Crippen LogP contribution in [0.4, 0.5) is 5.69 Å². The van der Waals surface area contributed by atoms with E-state index in [0.717, 1.165) is 5.56 Å². The van der Waals surface area contributed by atoms with Crippen LogP contribution in [0, 0.1) is 0 Å². The van der Waals surface area contributed by atoms with Crippen LogP contribution in [0.15, 0.2) is 30.3 Å². The number of hydrogen-bond acceptors (Lipinski definition) is 6. The third kappa shape index (κ3) is 3.60. The number of carbonyl (C=O) groups is 1. The molecule has 24 heavy (non-hydrogen) atoms. The Morgan fingerprint density at radius 3 is 2.12 bits per heavy atom. The van der Waals surface area contributed by atoms with E-state index in [4.69, 9.17) is 25.1 Å². The molecule has 0 amide bonds. The molecule has 0 saturated heterocycles. The Morgan fingerprint density at radius 2 is 1.67 bits per heavy atom. The van der Waals surface area contributed by atoms with Crippen LogP contribution in [0.25, 0.3) is 0 Å². The molecule has 0 aromatic heterocycles. The van der Waals surface area contributed by atoms with Crippen molar-refractivity contribution in [3.63, 3.8) is 0 Å². The highest BCUT2D eigenvalue weighted by Crippen LogP contribution is 2.38. The standard InChI is InChI=1S/C18H21NO5/c1-22-16-7-11(8-17(23-2)18(16)24-3)6-15(21)12-4-5-13(10-20)14(19)9-12/h4-5,7-9,20H,6,10,19H2,1-3H3. The number of rotatable bonds is 7. The number of aliphatic hydroxyl groups excluding tert-OH is 1. The predicted molar refractivity (Wildman–Crippen MR) is 90.9 cm³/mol. The Morgan fingerprint density at radius 1 is 1.04 bits per heavy atom. The fraction of sp³-hybridized carbons (Fsp3) is 0.278. The second-order valence-corrected chi connectivity index (χ2v) is 5.21. The van der Waals surface area contributed by atoms with Crippen LogP contribution in [0.1, 0.15) is 21.5 Å². The zero-order valence-corrected chi connectivity index (χ0v) is 14.0. The monoisotopic (exact) mass is 331 g/mol. The van der Waals surface area contributed by atoms with Crippen LogP contribution >= 0.6 is 0 Å². The molecule has 6 nitrogen and oxygen atoms in total. The van der Waals surface area contributed by atoms with E-state index in [1.807, 2.05) is 0 Å². The summed E-state index contributed by atoms with van der Waals surface area (Å²) in [6.45, 7) is -0.160. The van der Waals surface area contributed by atoms with Crippen molar-refractivity contribution in [1.82, 2.24) is 0 Å². The topological polar surface area (TPSA) is 91.0 Å². The second-order valence-electron chi connectivity index (χ2n) is 5.21. The van der Waals surface area contributed by atoms with E-state index in [0.29, 0.717) is 34.1 Å². The highest BCUT2D eigenvalue weighted by Gasteiger charge is 2.16. The van der Waals surface area contributed by atoms with Crippen molar-refractivity contribution >= 4 is 11.5 Å². The van der Waals surface area contributed by atoms with Gasteiger partial charge in [0, 0.05) is 23.2 Å². The zero-order chi connectivity index (χ0) is 17.7. The number of anilines is 1. The number of ketones is 1. The van der Waals surface area contributed by atoms with Crippen LogP contribution in [-0.4, -0.2) is 32.2 Å². The Hall–Kier alpha value is -2.73. The number of hydrogen-bond donors (Lipinski definition) is 2. The molecule has 0 atom stereocenters. The summed E-state index contributed by atoms with van der Waals surface area (Å²) in [5.74, 6) is 1.37. The van der Waals surface area contributed by atoms with Crippen molar-refractivity contribution in [3.05, 3.63) is 47.0 Å². The van der Waals surface area contributed by atoms with Gasteiger partial charge in [0.1, 0.15) is 0 Å². The first-order valence-corrected chi connectivity index (χ1v) is 7.35. The summed E-state index contributed by atoms with van der Waals surface area (Å²) < 4.78 is 15.9. The molecule has 0 fully saturated rings. The van der Waals surface area contributed by atoms with Gasteiger partial charge in [-0.15, -0.1) is 0 Å². The van der Waals surface area contributed by atoms with Crippen molar-refractivity contribution in [2.24, 2.45) is 0 Å². The normalized spacial score (nSPS) is 10.3. The number of benzene rings is 2. The van der Waals surface area contributed by atoms with E-state index in [1.54, 1.807) is 30.3 Å². The average Bonchev–Trinajstić information content (AvgIpc) is 2.60. The molecule has 2 aromatic rings. The molecule has 6 heteroatoms. The van der Waals surface area contributed by atoms with E-state index >= 15 is 0 Å². The fourth-order valence-electron chi connectivity index (χ4n) is 2.44. The molecular formula is C18H21NO5. The van der Waals surface area contributed by atoms with E-state index in [1.165, 1.54) is 21.3 Å². The van der Waals surface area contributed by atoms with E-state index in [2.05, 4.69) is 0 Å². The van der Waals surface area contributed by atoms with Gasteiger partial charge in [-0.2, -0.15) is 0 Å². The summed E-state index contributed by atoms with van der Waals surface area (Å²) in [6.07, 6.45) is 0.161. The van der Waals surface area contributed by atoms with Gasteiger partial charge in [0.05, 0.1) is 27.9 Å². The van der Waals surface area contributed by atoms with Crippen LogP contribution in [0.5, 0.6) is 17.2 Å². The molecule has 0 bridgehead atoms. The van der Waals surface area contributed by atoms with Gasteiger partial charge in [-0.25, -0.2) is 0 Å². The Bertz CT molecular complexity index is 717.